The molecule has 0 saturated heterocycles. The highest BCUT2D eigenvalue weighted by molar-refractivity contribution is 6.37. The number of carbonyl (C=O) groups is 1. The first kappa shape index (κ1) is 24.0. The number of ether oxygens (including phenoxy) is 1. The smallest absolute Gasteiger partial charge is 0.266 e. The summed E-state index contributed by atoms with van der Waals surface area (Å²) in [6.07, 6.45) is 1.40. The number of nitriles is 1. The molecule has 0 aliphatic heterocycles. The molecule has 1 N–H and O–H groups in total. The summed E-state index contributed by atoms with van der Waals surface area (Å²) in [5.41, 5.74) is 2.59. The number of aryl methyl sites for hydroxylation is 1. The summed E-state index contributed by atoms with van der Waals surface area (Å²) in [5, 5.41) is 13.8. The van der Waals surface area contributed by atoms with Gasteiger partial charge in [-0.25, -0.2) is 0 Å². The second-order valence-electron chi connectivity index (χ2n) is 6.81. The van der Waals surface area contributed by atoms with Crippen molar-refractivity contribution in [1.29, 1.82) is 5.26 Å². The van der Waals surface area contributed by atoms with E-state index in [1.165, 1.54) is 6.08 Å². The minimum absolute atomic E-state index is 0.119. The standard InChI is InChI=1S/C24H16Cl4N2O2/c1-14-2-5-19(26)11-22(14)30-24(31)17(12-29)8-16-9-20(27)23(21(28)10-16)32-13-15-3-6-18(25)7-4-15/h2-11H,13H2,1H3,(H,30,31)/b17-8+. The number of benzene rings is 3. The topological polar surface area (TPSA) is 62.1 Å². The lowest BCUT2D eigenvalue weighted by molar-refractivity contribution is -0.112. The third-order valence-electron chi connectivity index (χ3n) is 4.44. The van der Waals surface area contributed by atoms with Crippen LogP contribution < -0.4 is 10.1 Å². The molecule has 0 saturated carbocycles. The number of nitrogens with one attached hydrogen (secondary N) is 1. The van der Waals surface area contributed by atoms with E-state index in [4.69, 9.17) is 51.1 Å². The van der Waals surface area contributed by atoms with E-state index >= 15 is 0 Å². The number of hydrogen-bond donors (Lipinski definition) is 1. The Labute approximate surface area is 205 Å². The summed E-state index contributed by atoms with van der Waals surface area (Å²) < 4.78 is 5.75. The van der Waals surface area contributed by atoms with Crippen LogP contribution in [0, 0.1) is 18.3 Å². The molecule has 4 nitrogen and oxygen atoms in total. The minimum Gasteiger partial charge on any atom is -0.486 e. The molecule has 32 heavy (non-hydrogen) atoms. The number of amides is 1. The van der Waals surface area contributed by atoms with Gasteiger partial charge in [-0.2, -0.15) is 5.26 Å². The minimum atomic E-state index is -0.576. The molecule has 0 bridgehead atoms. The number of carbonyl (C=O) groups excluding carboxylic acids is 1. The van der Waals surface area contributed by atoms with Crippen LogP contribution in [0.25, 0.3) is 6.08 Å². The van der Waals surface area contributed by atoms with Crippen LogP contribution in [0.2, 0.25) is 20.1 Å². The Bertz CT molecular complexity index is 1210. The lowest BCUT2D eigenvalue weighted by Gasteiger charge is -2.11. The van der Waals surface area contributed by atoms with Gasteiger partial charge in [0.1, 0.15) is 18.2 Å². The predicted octanol–water partition coefficient (Wildman–Crippen LogP) is 7.73. The molecule has 3 aromatic carbocycles. The Morgan fingerprint density at radius 1 is 1.00 bits per heavy atom. The van der Waals surface area contributed by atoms with Crippen LogP contribution in [0.1, 0.15) is 16.7 Å². The largest absolute Gasteiger partial charge is 0.486 e. The van der Waals surface area contributed by atoms with E-state index in [0.717, 1.165) is 11.1 Å². The normalized spacial score (nSPS) is 11.1. The molecule has 0 unspecified atom stereocenters. The van der Waals surface area contributed by atoms with Crippen molar-refractivity contribution in [2.24, 2.45) is 0 Å². The van der Waals surface area contributed by atoms with Crippen LogP contribution in [0.3, 0.4) is 0 Å². The zero-order valence-corrected chi connectivity index (χ0v) is 19.8. The van der Waals surface area contributed by atoms with E-state index in [1.54, 1.807) is 42.5 Å². The van der Waals surface area contributed by atoms with E-state index in [2.05, 4.69) is 5.32 Å². The van der Waals surface area contributed by atoms with Crippen LogP contribution in [-0.2, 0) is 11.4 Å². The molecule has 0 heterocycles. The number of halogens is 4. The maximum Gasteiger partial charge on any atom is 0.266 e. The van der Waals surface area contributed by atoms with Crippen LogP contribution in [0.15, 0.2) is 60.2 Å². The molecule has 0 atom stereocenters. The van der Waals surface area contributed by atoms with Crippen molar-refractivity contribution in [3.8, 4) is 11.8 Å². The molecular weight excluding hydrogens is 490 g/mol. The van der Waals surface area contributed by atoms with Crippen molar-refractivity contribution in [2.75, 3.05) is 5.32 Å². The average molecular weight is 506 g/mol. The fourth-order valence-electron chi connectivity index (χ4n) is 2.77. The Hall–Kier alpha value is -2.68. The highest BCUT2D eigenvalue weighted by Crippen LogP contribution is 2.35. The lowest BCUT2D eigenvalue weighted by atomic mass is 10.1. The Morgan fingerprint density at radius 2 is 1.62 bits per heavy atom. The SMILES string of the molecule is Cc1ccc(Cl)cc1NC(=O)/C(C#N)=C/c1cc(Cl)c(OCc2ccc(Cl)cc2)c(Cl)c1. The Morgan fingerprint density at radius 3 is 2.25 bits per heavy atom. The van der Waals surface area contributed by atoms with Gasteiger partial charge >= 0.3 is 0 Å². The van der Waals surface area contributed by atoms with Gasteiger partial charge in [-0.05, 0) is 66.1 Å². The highest BCUT2D eigenvalue weighted by Gasteiger charge is 2.14. The Balaban J connectivity index is 1.78. The molecule has 3 aromatic rings. The maximum atomic E-state index is 12.6. The molecule has 0 aliphatic rings. The molecule has 0 spiro atoms. The maximum absolute atomic E-state index is 12.6. The van der Waals surface area contributed by atoms with Gasteiger partial charge in [0, 0.05) is 15.7 Å². The van der Waals surface area contributed by atoms with Gasteiger partial charge < -0.3 is 10.1 Å². The molecule has 0 aliphatic carbocycles. The summed E-state index contributed by atoms with van der Waals surface area (Å²) in [6.45, 7) is 2.07. The van der Waals surface area contributed by atoms with Crippen LogP contribution >= 0.6 is 46.4 Å². The average Bonchev–Trinajstić information content (AvgIpc) is 2.75. The van der Waals surface area contributed by atoms with Crippen molar-refractivity contribution in [1.82, 2.24) is 0 Å². The summed E-state index contributed by atoms with van der Waals surface area (Å²) in [5.74, 6) is -0.272. The molecular formula is C24H16Cl4N2O2. The fourth-order valence-corrected chi connectivity index (χ4v) is 3.68. The number of nitrogens with zero attached hydrogens (tertiary/aromatic N) is 1. The first-order valence-corrected chi connectivity index (χ1v) is 10.8. The quantitative estimate of drug-likeness (QED) is 0.275. The molecule has 3 rings (SSSR count). The first-order valence-electron chi connectivity index (χ1n) is 9.32. The van der Waals surface area contributed by atoms with Gasteiger partial charge in [0.25, 0.3) is 5.91 Å². The highest BCUT2D eigenvalue weighted by atomic mass is 35.5. The van der Waals surface area contributed by atoms with E-state index in [0.29, 0.717) is 27.0 Å². The van der Waals surface area contributed by atoms with Crippen molar-refractivity contribution >= 4 is 64.1 Å². The molecule has 1 amide bonds. The van der Waals surface area contributed by atoms with Crippen LogP contribution in [-0.4, -0.2) is 5.91 Å². The van der Waals surface area contributed by atoms with Crippen LogP contribution in [0.5, 0.6) is 5.75 Å². The van der Waals surface area contributed by atoms with Gasteiger partial charge in [-0.1, -0.05) is 64.6 Å². The number of hydrogen-bond acceptors (Lipinski definition) is 3. The van der Waals surface area contributed by atoms with Crippen molar-refractivity contribution in [3.63, 3.8) is 0 Å². The van der Waals surface area contributed by atoms with Gasteiger partial charge in [0.2, 0.25) is 0 Å². The second kappa shape index (κ2) is 10.8. The van der Waals surface area contributed by atoms with Gasteiger partial charge in [-0.15, -0.1) is 0 Å². The molecule has 0 radical (unpaired) electrons. The zero-order chi connectivity index (χ0) is 23.3. The van der Waals surface area contributed by atoms with Crippen LogP contribution in [0.4, 0.5) is 5.69 Å². The first-order chi connectivity index (χ1) is 15.3. The summed E-state index contributed by atoms with van der Waals surface area (Å²) in [4.78, 5) is 12.6. The van der Waals surface area contributed by atoms with Gasteiger partial charge in [0.15, 0.2) is 5.75 Å². The summed E-state index contributed by atoms with van der Waals surface area (Å²) in [6, 6.07) is 17.3. The van der Waals surface area contributed by atoms with Crippen molar-refractivity contribution in [2.45, 2.75) is 13.5 Å². The second-order valence-corrected chi connectivity index (χ2v) is 8.50. The van der Waals surface area contributed by atoms with E-state index < -0.39 is 5.91 Å². The van der Waals surface area contributed by atoms with E-state index in [1.807, 2.05) is 25.1 Å². The molecule has 0 fully saturated rings. The third kappa shape index (κ3) is 6.18. The van der Waals surface area contributed by atoms with E-state index in [9.17, 15) is 10.1 Å². The zero-order valence-electron chi connectivity index (χ0n) is 16.8. The lowest BCUT2D eigenvalue weighted by Crippen LogP contribution is -2.14. The number of anilines is 1. The molecule has 162 valence electrons. The summed E-state index contributed by atoms with van der Waals surface area (Å²) >= 11 is 24.6. The van der Waals surface area contributed by atoms with Crippen molar-refractivity contribution in [3.05, 3.63) is 97.0 Å². The molecule has 0 aromatic heterocycles. The fraction of sp³-hybridized carbons (Fsp3) is 0.0833. The number of rotatable bonds is 6. The summed E-state index contributed by atoms with van der Waals surface area (Å²) in [7, 11) is 0. The Kier molecular flexibility index (Phi) is 8.06. The third-order valence-corrected chi connectivity index (χ3v) is 5.49. The van der Waals surface area contributed by atoms with Gasteiger partial charge in [0.05, 0.1) is 10.0 Å². The van der Waals surface area contributed by atoms with Crippen molar-refractivity contribution < 1.29 is 9.53 Å². The van der Waals surface area contributed by atoms with E-state index in [-0.39, 0.29) is 22.2 Å². The van der Waals surface area contributed by atoms with Gasteiger partial charge in [-0.3, -0.25) is 4.79 Å². The monoisotopic (exact) mass is 504 g/mol. The predicted molar refractivity (Wildman–Crippen MR) is 131 cm³/mol. The molecule has 8 heteroatoms.